The number of likely N-dealkylation sites (N-methyl/N-ethyl adjacent to an activating group) is 1. The maximum atomic E-state index is 5.01. The average molecular weight is 179 g/mol. The van der Waals surface area contributed by atoms with Crippen LogP contribution in [0.3, 0.4) is 0 Å². The van der Waals surface area contributed by atoms with Crippen LogP contribution in [-0.2, 0) is 0 Å². The van der Waals surface area contributed by atoms with Gasteiger partial charge in [-0.05, 0) is 19.0 Å². The van der Waals surface area contributed by atoms with Gasteiger partial charge in [0.05, 0.1) is 12.5 Å². The summed E-state index contributed by atoms with van der Waals surface area (Å²) in [4.78, 5) is 0. The number of hydrogen-bond donors (Lipinski definition) is 1. The molecule has 0 aliphatic rings. The highest BCUT2D eigenvalue weighted by atomic mass is 16.3. The Bertz CT molecular complexity index is 260. The molecule has 1 aromatic rings. The summed E-state index contributed by atoms with van der Waals surface area (Å²) in [7, 11) is 1.96. The summed E-state index contributed by atoms with van der Waals surface area (Å²) in [6.07, 6.45) is 5.63. The van der Waals surface area contributed by atoms with Crippen LogP contribution in [0, 0.1) is 5.92 Å². The van der Waals surface area contributed by atoms with Crippen LogP contribution in [-0.4, -0.2) is 13.6 Å². The van der Waals surface area contributed by atoms with E-state index in [4.69, 9.17) is 4.42 Å². The smallest absolute Gasteiger partial charge is 0.0974 e. The first-order valence-electron chi connectivity index (χ1n) is 4.61. The summed E-state index contributed by atoms with van der Waals surface area (Å²) in [6.45, 7) is 5.33. The molecule has 2 nitrogen and oxygen atoms in total. The minimum Gasteiger partial charge on any atom is -0.472 e. The summed E-state index contributed by atoms with van der Waals surface area (Å²) in [6, 6.07) is 1.97. The summed E-state index contributed by atoms with van der Waals surface area (Å²) >= 11 is 0. The zero-order chi connectivity index (χ0) is 9.68. The highest BCUT2D eigenvalue weighted by Gasteiger charge is 2.02. The third-order valence-electron chi connectivity index (χ3n) is 2.02. The molecule has 1 rings (SSSR count). The van der Waals surface area contributed by atoms with Crippen molar-refractivity contribution in [1.29, 1.82) is 0 Å². The molecule has 0 saturated carbocycles. The van der Waals surface area contributed by atoms with Crippen molar-refractivity contribution in [3.63, 3.8) is 0 Å². The molecule has 0 saturated heterocycles. The van der Waals surface area contributed by atoms with E-state index in [2.05, 4.69) is 25.2 Å². The SMILES string of the molecule is CNCC(=Cc1ccoc1)C(C)C. The van der Waals surface area contributed by atoms with Gasteiger partial charge >= 0.3 is 0 Å². The average Bonchev–Trinajstić information content (AvgIpc) is 2.56. The van der Waals surface area contributed by atoms with E-state index >= 15 is 0 Å². The van der Waals surface area contributed by atoms with Crippen molar-refractivity contribution in [1.82, 2.24) is 5.32 Å². The van der Waals surface area contributed by atoms with Gasteiger partial charge in [0.1, 0.15) is 0 Å². The monoisotopic (exact) mass is 179 g/mol. The Morgan fingerprint density at radius 3 is 2.85 bits per heavy atom. The molecular weight excluding hydrogens is 162 g/mol. The Balaban J connectivity index is 2.74. The molecule has 0 atom stereocenters. The Hall–Kier alpha value is -1.02. The molecule has 2 heteroatoms. The molecule has 13 heavy (non-hydrogen) atoms. The van der Waals surface area contributed by atoms with Gasteiger partial charge in [0.2, 0.25) is 0 Å². The fourth-order valence-corrected chi connectivity index (χ4v) is 1.20. The number of furan rings is 1. The second kappa shape index (κ2) is 4.87. The Morgan fingerprint density at radius 2 is 2.38 bits per heavy atom. The fourth-order valence-electron chi connectivity index (χ4n) is 1.20. The van der Waals surface area contributed by atoms with Crippen LogP contribution in [0.5, 0.6) is 0 Å². The molecule has 72 valence electrons. The fraction of sp³-hybridized carbons (Fsp3) is 0.455. The molecule has 0 aromatic carbocycles. The molecule has 0 fully saturated rings. The van der Waals surface area contributed by atoms with E-state index in [0.717, 1.165) is 12.1 Å². The quantitative estimate of drug-likeness (QED) is 0.768. The number of nitrogens with one attached hydrogen (secondary N) is 1. The summed E-state index contributed by atoms with van der Waals surface area (Å²) in [5.74, 6) is 0.572. The van der Waals surface area contributed by atoms with E-state index in [1.165, 1.54) is 5.57 Å². The van der Waals surface area contributed by atoms with Gasteiger partial charge < -0.3 is 9.73 Å². The number of rotatable bonds is 4. The topological polar surface area (TPSA) is 25.2 Å². The first-order valence-corrected chi connectivity index (χ1v) is 4.61. The second-order valence-electron chi connectivity index (χ2n) is 3.46. The molecule has 0 radical (unpaired) electrons. The molecule has 0 aliphatic carbocycles. The van der Waals surface area contributed by atoms with Crippen LogP contribution in [0.1, 0.15) is 19.4 Å². The lowest BCUT2D eigenvalue weighted by Crippen LogP contribution is -2.13. The van der Waals surface area contributed by atoms with Gasteiger partial charge in [-0.1, -0.05) is 25.5 Å². The zero-order valence-electron chi connectivity index (χ0n) is 8.50. The van der Waals surface area contributed by atoms with E-state index in [1.54, 1.807) is 12.5 Å². The zero-order valence-corrected chi connectivity index (χ0v) is 8.50. The number of hydrogen-bond acceptors (Lipinski definition) is 2. The van der Waals surface area contributed by atoms with E-state index in [1.807, 2.05) is 13.1 Å². The van der Waals surface area contributed by atoms with Gasteiger partial charge in [-0.15, -0.1) is 0 Å². The van der Waals surface area contributed by atoms with Gasteiger partial charge in [-0.2, -0.15) is 0 Å². The molecule has 1 heterocycles. The molecule has 0 unspecified atom stereocenters. The van der Waals surface area contributed by atoms with Crippen LogP contribution in [0.4, 0.5) is 0 Å². The van der Waals surface area contributed by atoms with Crippen molar-refractivity contribution < 1.29 is 4.42 Å². The molecular formula is C11H17NO. The lowest BCUT2D eigenvalue weighted by atomic mass is 10.0. The van der Waals surface area contributed by atoms with Crippen molar-refractivity contribution in [2.45, 2.75) is 13.8 Å². The first kappa shape index (κ1) is 10.1. The molecule has 0 spiro atoms. The summed E-state index contributed by atoms with van der Waals surface area (Å²) in [5.41, 5.74) is 2.53. The lowest BCUT2D eigenvalue weighted by Gasteiger charge is -2.09. The molecule has 0 aliphatic heterocycles. The van der Waals surface area contributed by atoms with E-state index in [0.29, 0.717) is 5.92 Å². The molecule has 0 amide bonds. The van der Waals surface area contributed by atoms with Crippen LogP contribution in [0.2, 0.25) is 0 Å². The summed E-state index contributed by atoms with van der Waals surface area (Å²) < 4.78 is 5.01. The molecule has 1 N–H and O–H groups in total. The Labute approximate surface area is 79.6 Å². The predicted octanol–water partition coefficient (Wildman–Crippen LogP) is 2.54. The minimum absolute atomic E-state index is 0.572. The van der Waals surface area contributed by atoms with E-state index in [9.17, 15) is 0 Å². The second-order valence-corrected chi connectivity index (χ2v) is 3.46. The van der Waals surface area contributed by atoms with Gasteiger partial charge in [-0.3, -0.25) is 0 Å². The van der Waals surface area contributed by atoms with Gasteiger partial charge in [-0.25, -0.2) is 0 Å². The van der Waals surface area contributed by atoms with Crippen molar-refractivity contribution in [3.8, 4) is 0 Å². The van der Waals surface area contributed by atoms with E-state index in [-0.39, 0.29) is 0 Å². The summed E-state index contributed by atoms with van der Waals surface area (Å²) in [5, 5.41) is 3.16. The highest BCUT2D eigenvalue weighted by molar-refractivity contribution is 5.52. The molecule has 0 bridgehead atoms. The maximum Gasteiger partial charge on any atom is 0.0974 e. The van der Waals surface area contributed by atoms with Crippen LogP contribution in [0.25, 0.3) is 6.08 Å². The standard InChI is InChI=1S/C11H17NO/c1-9(2)11(7-12-3)6-10-4-5-13-8-10/h4-6,8-9,12H,7H2,1-3H3. The van der Waals surface area contributed by atoms with Crippen molar-refractivity contribution >= 4 is 6.08 Å². The molecule has 1 aromatic heterocycles. The third-order valence-corrected chi connectivity index (χ3v) is 2.02. The van der Waals surface area contributed by atoms with Crippen molar-refractivity contribution in [2.24, 2.45) is 5.92 Å². The van der Waals surface area contributed by atoms with Gasteiger partial charge in [0.25, 0.3) is 0 Å². The third kappa shape index (κ3) is 3.07. The maximum absolute atomic E-state index is 5.01. The minimum atomic E-state index is 0.572. The highest BCUT2D eigenvalue weighted by Crippen LogP contribution is 2.13. The Kier molecular flexibility index (Phi) is 3.77. The van der Waals surface area contributed by atoms with Crippen molar-refractivity contribution in [2.75, 3.05) is 13.6 Å². The van der Waals surface area contributed by atoms with Crippen LogP contribution >= 0.6 is 0 Å². The predicted molar refractivity (Wildman–Crippen MR) is 55.4 cm³/mol. The van der Waals surface area contributed by atoms with Crippen LogP contribution < -0.4 is 5.32 Å². The van der Waals surface area contributed by atoms with Crippen molar-refractivity contribution in [3.05, 3.63) is 29.7 Å². The van der Waals surface area contributed by atoms with Gasteiger partial charge in [0, 0.05) is 12.1 Å². The van der Waals surface area contributed by atoms with E-state index < -0.39 is 0 Å². The Morgan fingerprint density at radius 1 is 1.62 bits per heavy atom. The lowest BCUT2D eigenvalue weighted by molar-refractivity contribution is 0.566. The largest absolute Gasteiger partial charge is 0.472 e. The first-order chi connectivity index (χ1) is 6.24. The van der Waals surface area contributed by atoms with Crippen LogP contribution in [0.15, 0.2) is 28.6 Å². The normalized spacial score (nSPS) is 12.5. The van der Waals surface area contributed by atoms with Gasteiger partial charge in [0.15, 0.2) is 0 Å².